The Morgan fingerprint density at radius 2 is 1.71 bits per heavy atom. The number of alkyl carbamates (subject to hydrolysis) is 2. The minimum Gasteiger partial charge on any atom is -0.449 e. The average Bonchev–Trinajstić information content (AvgIpc) is 3.48. The normalized spacial score (nSPS) is 15.7. The van der Waals surface area contributed by atoms with Gasteiger partial charge >= 0.3 is 18.2 Å². The van der Waals surface area contributed by atoms with Gasteiger partial charge in [-0.25, -0.2) is 14.4 Å². The lowest BCUT2D eigenvalue weighted by Crippen LogP contribution is -2.45. The van der Waals surface area contributed by atoms with Crippen LogP contribution in [0.25, 0.3) is 11.1 Å². The highest BCUT2D eigenvalue weighted by Gasteiger charge is 2.36. The molecule has 1 heterocycles. The van der Waals surface area contributed by atoms with E-state index in [4.69, 9.17) is 20.0 Å². The third kappa shape index (κ3) is 8.83. The minimum atomic E-state index is -1.22. The van der Waals surface area contributed by atoms with Crippen LogP contribution in [0.1, 0.15) is 75.5 Å². The number of amides is 4. The number of hydrogen-bond acceptors (Lipinski definition) is 9. The lowest BCUT2D eigenvalue weighted by atomic mass is 9.97. The summed E-state index contributed by atoms with van der Waals surface area (Å²) in [6.45, 7) is 5.77. The Hall–Kier alpha value is -4.89. The topological polar surface area (TPSA) is 166 Å². The van der Waals surface area contributed by atoms with E-state index in [0.29, 0.717) is 17.9 Å². The summed E-state index contributed by atoms with van der Waals surface area (Å²) in [6, 6.07) is 12.4. The fourth-order valence-corrected chi connectivity index (χ4v) is 5.10. The molecule has 1 fully saturated rings. The third-order valence-electron chi connectivity index (χ3n) is 7.12. The molecule has 12 heteroatoms. The first-order valence-electron chi connectivity index (χ1n) is 14.9. The summed E-state index contributed by atoms with van der Waals surface area (Å²) in [5.41, 5.74) is 9.67. The Bertz CT molecular complexity index is 1500. The van der Waals surface area contributed by atoms with Gasteiger partial charge in [0.05, 0.1) is 6.54 Å². The number of carbonyl (C=O) groups is 5. The van der Waals surface area contributed by atoms with Gasteiger partial charge < -0.3 is 30.7 Å². The quantitative estimate of drug-likeness (QED) is 0.205. The summed E-state index contributed by atoms with van der Waals surface area (Å²) in [5, 5.41) is 5.60. The van der Waals surface area contributed by atoms with Crippen LogP contribution in [-0.2, 0) is 28.7 Å². The van der Waals surface area contributed by atoms with Crippen LogP contribution in [0.4, 0.5) is 9.59 Å². The molecular weight excluding hydrogens is 580 g/mol. The van der Waals surface area contributed by atoms with E-state index in [1.54, 1.807) is 20.8 Å². The zero-order valence-corrected chi connectivity index (χ0v) is 25.6. The minimum absolute atomic E-state index is 0.00561. The number of ether oxygens (including phenoxy) is 2. The molecule has 45 heavy (non-hydrogen) atoms. The van der Waals surface area contributed by atoms with Gasteiger partial charge in [0, 0.05) is 30.9 Å². The maximum absolute atomic E-state index is 13.0. The number of carbonyl (C=O) groups excluding carboxylic acids is 5. The number of hydrogen-bond donors (Lipinski definition) is 3. The van der Waals surface area contributed by atoms with Crippen molar-refractivity contribution in [1.29, 1.82) is 0 Å². The standard InChI is InChI=1S/C33H38N4O8/c1-33(2,3)44-31(41)35-18-7-6-12-27(30(40)45-37-28(38)15-16-29(37)39)36-32(42)43-20-26-23-11-5-4-10-22(23)25-19-21(9-8-17-34)13-14-24(25)26/h4-5,10-11,13-14,19,26-27H,6-7,12,15-18,20,34H2,1-3H3,(H,35,41)(H,36,42). The van der Waals surface area contributed by atoms with Gasteiger partial charge in [-0.3, -0.25) is 9.59 Å². The molecule has 1 aliphatic carbocycles. The molecule has 1 saturated heterocycles. The monoisotopic (exact) mass is 618 g/mol. The predicted molar refractivity (Wildman–Crippen MR) is 163 cm³/mol. The van der Waals surface area contributed by atoms with Crippen molar-refractivity contribution < 1.29 is 38.3 Å². The zero-order chi connectivity index (χ0) is 32.6. The van der Waals surface area contributed by atoms with Gasteiger partial charge in [-0.05, 0) is 74.4 Å². The Morgan fingerprint density at radius 3 is 2.42 bits per heavy atom. The summed E-state index contributed by atoms with van der Waals surface area (Å²) < 4.78 is 10.8. The van der Waals surface area contributed by atoms with E-state index < -0.39 is 41.6 Å². The van der Waals surface area contributed by atoms with E-state index in [1.165, 1.54) is 0 Å². The second-order valence-corrected chi connectivity index (χ2v) is 11.7. The molecule has 0 spiro atoms. The molecule has 0 saturated carbocycles. The van der Waals surface area contributed by atoms with Gasteiger partial charge in [-0.2, -0.15) is 0 Å². The van der Waals surface area contributed by atoms with E-state index in [1.807, 2.05) is 42.5 Å². The van der Waals surface area contributed by atoms with E-state index in [2.05, 4.69) is 22.5 Å². The molecule has 0 bridgehead atoms. The number of fused-ring (bicyclic) bond motifs is 3. The smallest absolute Gasteiger partial charge is 0.407 e. The fraction of sp³-hybridized carbons (Fsp3) is 0.424. The highest BCUT2D eigenvalue weighted by atomic mass is 16.7. The molecule has 1 aliphatic heterocycles. The first kappa shape index (κ1) is 33.0. The highest BCUT2D eigenvalue weighted by Crippen LogP contribution is 2.45. The predicted octanol–water partition coefficient (Wildman–Crippen LogP) is 3.51. The summed E-state index contributed by atoms with van der Waals surface area (Å²) in [5.74, 6) is 3.42. The Kier molecular flexibility index (Phi) is 10.8. The number of nitrogens with one attached hydrogen (secondary N) is 2. The number of unbranched alkanes of at least 4 members (excludes halogenated alkanes) is 1. The molecule has 0 aromatic heterocycles. The number of nitrogens with zero attached hydrogens (tertiary/aromatic N) is 1. The molecule has 2 aliphatic rings. The number of benzene rings is 2. The molecular formula is C33H38N4O8. The van der Waals surface area contributed by atoms with Gasteiger partial charge in [0.1, 0.15) is 18.2 Å². The largest absolute Gasteiger partial charge is 0.449 e. The summed E-state index contributed by atoms with van der Waals surface area (Å²) in [4.78, 5) is 67.0. The Labute approximate surface area is 261 Å². The molecule has 12 nitrogen and oxygen atoms in total. The van der Waals surface area contributed by atoms with E-state index >= 15 is 0 Å². The lowest BCUT2D eigenvalue weighted by molar-refractivity contribution is -0.199. The average molecular weight is 619 g/mol. The number of rotatable bonds is 10. The van der Waals surface area contributed by atoms with Crippen LogP contribution in [-0.4, -0.2) is 66.4 Å². The van der Waals surface area contributed by atoms with E-state index in [9.17, 15) is 24.0 Å². The molecule has 0 radical (unpaired) electrons. The van der Waals surface area contributed by atoms with Crippen molar-refractivity contribution >= 4 is 30.0 Å². The van der Waals surface area contributed by atoms with Gasteiger partial charge in [0.15, 0.2) is 0 Å². The van der Waals surface area contributed by atoms with Crippen molar-refractivity contribution in [3.05, 3.63) is 59.2 Å². The molecule has 2 aromatic rings. The molecule has 4 amide bonds. The van der Waals surface area contributed by atoms with Gasteiger partial charge in [0.25, 0.3) is 11.8 Å². The summed E-state index contributed by atoms with van der Waals surface area (Å²) >= 11 is 0. The van der Waals surface area contributed by atoms with Crippen LogP contribution in [0.15, 0.2) is 42.5 Å². The molecule has 4 N–H and O–H groups in total. The van der Waals surface area contributed by atoms with Crippen LogP contribution < -0.4 is 16.4 Å². The maximum atomic E-state index is 13.0. The van der Waals surface area contributed by atoms with Crippen molar-refractivity contribution in [3.8, 4) is 23.0 Å². The summed E-state index contributed by atoms with van der Waals surface area (Å²) in [6.07, 6.45) is -0.616. The third-order valence-corrected chi connectivity index (χ3v) is 7.12. The van der Waals surface area contributed by atoms with Crippen LogP contribution in [0.2, 0.25) is 0 Å². The number of nitrogens with two attached hydrogens (primary N) is 1. The van der Waals surface area contributed by atoms with Crippen LogP contribution in [0.5, 0.6) is 0 Å². The molecule has 2 aromatic carbocycles. The van der Waals surface area contributed by atoms with Gasteiger partial charge in [-0.15, -0.1) is 5.06 Å². The van der Waals surface area contributed by atoms with E-state index in [-0.39, 0.29) is 44.9 Å². The van der Waals surface area contributed by atoms with Crippen molar-refractivity contribution in [1.82, 2.24) is 15.7 Å². The summed E-state index contributed by atoms with van der Waals surface area (Å²) in [7, 11) is 0. The first-order valence-corrected chi connectivity index (χ1v) is 14.9. The number of hydroxylamine groups is 2. The van der Waals surface area contributed by atoms with Crippen LogP contribution >= 0.6 is 0 Å². The Morgan fingerprint density at radius 1 is 1.00 bits per heavy atom. The van der Waals surface area contributed by atoms with Crippen LogP contribution in [0, 0.1) is 11.8 Å². The van der Waals surface area contributed by atoms with Crippen molar-refractivity contribution in [2.45, 2.75) is 70.4 Å². The molecule has 2 atom stereocenters. The Balaban J connectivity index is 1.39. The van der Waals surface area contributed by atoms with Crippen molar-refractivity contribution in [2.75, 3.05) is 19.7 Å². The molecule has 2 unspecified atom stereocenters. The second kappa shape index (κ2) is 14.7. The fourth-order valence-electron chi connectivity index (χ4n) is 5.10. The zero-order valence-electron chi connectivity index (χ0n) is 25.6. The molecule has 4 rings (SSSR count). The van der Waals surface area contributed by atoms with Crippen LogP contribution in [0.3, 0.4) is 0 Å². The SMILES string of the molecule is CC(C)(C)OC(=O)NCCCCC(NC(=O)OCC1c2ccccc2-c2cc(C#CCN)ccc21)C(=O)ON1C(=O)CCC1=O. The molecule has 238 valence electrons. The highest BCUT2D eigenvalue weighted by molar-refractivity contribution is 6.01. The van der Waals surface area contributed by atoms with Crippen molar-refractivity contribution in [2.24, 2.45) is 5.73 Å². The first-order chi connectivity index (χ1) is 21.5. The van der Waals surface area contributed by atoms with Gasteiger partial charge in [0.2, 0.25) is 0 Å². The van der Waals surface area contributed by atoms with Gasteiger partial charge in [-0.1, -0.05) is 42.2 Å². The number of imide groups is 1. The second-order valence-electron chi connectivity index (χ2n) is 11.7. The van der Waals surface area contributed by atoms with Crippen molar-refractivity contribution in [3.63, 3.8) is 0 Å². The van der Waals surface area contributed by atoms with E-state index in [0.717, 1.165) is 27.8 Å². The lowest BCUT2D eigenvalue weighted by Gasteiger charge is -2.21. The maximum Gasteiger partial charge on any atom is 0.407 e.